The lowest BCUT2D eigenvalue weighted by Gasteiger charge is -2.25. The third-order valence-electron chi connectivity index (χ3n) is 4.43. The van der Waals surface area contributed by atoms with E-state index in [1.807, 2.05) is 12.3 Å². The van der Waals surface area contributed by atoms with Crippen LogP contribution >= 0.6 is 11.3 Å². The minimum absolute atomic E-state index is 0.778. The number of nitrogens with zero attached hydrogens (tertiary/aromatic N) is 5. The maximum Gasteiger partial charge on any atom is 0.218 e. The number of hydrogen-bond donors (Lipinski definition) is 1. The third kappa shape index (κ3) is 3.88. The van der Waals surface area contributed by atoms with E-state index in [0.29, 0.717) is 0 Å². The van der Waals surface area contributed by atoms with Gasteiger partial charge in [0.1, 0.15) is 0 Å². The topological polar surface area (TPSA) is 58.9 Å². The summed E-state index contributed by atoms with van der Waals surface area (Å²) in [6.07, 6.45) is 9.57. The van der Waals surface area contributed by atoms with E-state index in [0.717, 1.165) is 36.4 Å². The molecule has 3 aromatic heterocycles. The van der Waals surface area contributed by atoms with Crippen LogP contribution in [0.4, 0.5) is 5.13 Å². The van der Waals surface area contributed by atoms with Gasteiger partial charge >= 0.3 is 0 Å². The second kappa shape index (κ2) is 7.76. The second-order valence-corrected chi connectivity index (χ2v) is 7.18. The summed E-state index contributed by atoms with van der Waals surface area (Å²) in [7, 11) is 0. The van der Waals surface area contributed by atoms with Gasteiger partial charge in [0.2, 0.25) is 10.3 Å². The summed E-state index contributed by atoms with van der Waals surface area (Å²) >= 11 is 1.67. The van der Waals surface area contributed by atoms with Crippen molar-refractivity contribution in [2.45, 2.75) is 32.4 Å². The average Bonchev–Trinajstić information content (AvgIpc) is 3.32. The normalized spacial score (nSPS) is 14.8. The van der Waals surface area contributed by atoms with Gasteiger partial charge in [-0.25, -0.2) is 0 Å². The molecule has 4 heterocycles. The standard InChI is InChI=1S/C18H22N6S/c1-2-9-23(10-3-1)17-21-22-18(25-17)24-11-5-7-16(24)14-20-13-15-6-4-8-19-12-15/h4-8,11-12,20H,1-3,9-10,13-14H2. The third-order valence-corrected chi connectivity index (χ3v) is 5.41. The van der Waals surface area contributed by atoms with Gasteiger partial charge in [-0.3, -0.25) is 9.55 Å². The highest BCUT2D eigenvalue weighted by Crippen LogP contribution is 2.26. The minimum atomic E-state index is 0.778. The van der Waals surface area contributed by atoms with Gasteiger partial charge < -0.3 is 10.2 Å². The number of rotatable bonds is 6. The molecular weight excluding hydrogens is 332 g/mol. The summed E-state index contributed by atoms with van der Waals surface area (Å²) in [6.45, 7) is 3.77. The Bertz CT molecular complexity index is 791. The van der Waals surface area contributed by atoms with Crippen molar-refractivity contribution in [3.05, 3.63) is 54.1 Å². The first-order valence-electron chi connectivity index (χ1n) is 8.75. The summed E-state index contributed by atoms with van der Waals surface area (Å²) in [4.78, 5) is 6.50. The zero-order chi connectivity index (χ0) is 16.9. The molecule has 0 unspecified atom stereocenters. The van der Waals surface area contributed by atoms with Crippen LogP contribution < -0.4 is 10.2 Å². The lowest BCUT2D eigenvalue weighted by molar-refractivity contribution is 0.575. The first-order valence-corrected chi connectivity index (χ1v) is 9.56. The van der Waals surface area contributed by atoms with E-state index < -0.39 is 0 Å². The molecule has 1 N–H and O–H groups in total. The SMILES string of the molecule is c1cncc(CNCc2cccn2-c2nnc(N3CCCCC3)s2)c1. The Labute approximate surface area is 151 Å². The van der Waals surface area contributed by atoms with Crippen LogP contribution in [-0.2, 0) is 13.1 Å². The van der Waals surface area contributed by atoms with Crippen LogP contribution in [0, 0.1) is 0 Å². The number of anilines is 1. The Kier molecular flexibility index (Phi) is 5.03. The molecule has 0 saturated carbocycles. The van der Waals surface area contributed by atoms with Crippen molar-refractivity contribution in [2.75, 3.05) is 18.0 Å². The highest BCUT2D eigenvalue weighted by Gasteiger charge is 2.16. The molecule has 0 radical (unpaired) electrons. The molecule has 1 aliphatic heterocycles. The zero-order valence-corrected chi connectivity index (χ0v) is 15.0. The van der Waals surface area contributed by atoms with Crippen molar-refractivity contribution in [3.63, 3.8) is 0 Å². The van der Waals surface area contributed by atoms with Gasteiger partial charge in [-0.2, -0.15) is 0 Å². The molecule has 0 amide bonds. The van der Waals surface area contributed by atoms with Gasteiger partial charge in [0.15, 0.2) is 0 Å². The molecule has 1 aliphatic rings. The molecule has 25 heavy (non-hydrogen) atoms. The van der Waals surface area contributed by atoms with Crippen LogP contribution in [0.2, 0.25) is 0 Å². The van der Waals surface area contributed by atoms with Gasteiger partial charge in [0, 0.05) is 50.5 Å². The van der Waals surface area contributed by atoms with Crippen LogP contribution in [0.15, 0.2) is 42.9 Å². The molecular formula is C18H22N6S. The molecule has 0 atom stereocenters. The largest absolute Gasteiger partial charge is 0.347 e. The molecule has 6 nitrogen and oxygen atoms in total. The lowest BCUT2D eigenvalue weighted by Crippen LogP contribution is -2.29. The predicted octanol–water partition coefficient (Wildman–Crippen LogP) is 3.00. The van der Waals surface area contributed by atoms with Crippen molar-refractivity contribution in [3.8, 4) is 5.13 Å². The Balaban J connectivity index is 1.41. The molecule has 1 saturated heterocycles. The quantitative estimate of drug-likeness (QED) is 0.737. The van der Waals surface area contributed by atoms with Crippen molar-refractivity contribution in [1.82, 2.24) is 25.1 Å². The lowest BCUT2D eigenvalue weighted by atomic mass is 10.1. The van der Waals surface area contributed by atoms with Gasteiger partial charge in [0.25, 0.3) is 0 Å². The minimum Gasteiger partial charge on any atom is -0.347 e. The number of aromatic nitrogens is 4. The van der Waals surface area contributed by atoms with Crippen molar-refractivity contribution < 1.29 is 0 Å². The maximum absolute atomic E-state index is 4.41. The van der Waals surface area contributed by atoms with E-state index >= 15 is 0 Å². The molecule has 130 valence electrons. The molecule has 0 bridgehead atoms. The summed E-state index contributed by atoms with van der Waals surface area (Å²) < 4.78 is 2.13. The van der Waals surface area contributed by atoms with Gasteiger partial charge in [0.05, 0.1) is 0 Å². The molecule has 0 spiro atoms. The van der Waals surface area contributed by atoms with E-state index in [1.165, 1.54) is 30.5 Å². The molecule has 1 fully saturated rings. The molecule has 4 rings (SSSR count). The fourth-order valence-electron chi connectivity index (χ4n) is 3.10. The predicted molar refractivity (Wildman–Crippen MR) is 100 cm³/mol. The number of piperidine rings is 1. The molecule has 0 aromatic carbocycles. The van der Waals surface area contributed by atoms with E-state index in [-0.39, 0.29) is 0 Å². The maximum atomic E-state index is 4.41. The summed E-state index contributed by atoms with van der Waals surface area (Å²) in [5, 5.41) is 14.3. The van der Waals surface area contributed by atoms with Crippen LogP contribution in [0.5, 0.6) is 0 Å². The number of pyridine rings is 1. The monoisotopic (exact) mass is 354 g/mol. The first-order chi connectivity index (χ1) is 12.4. The van der Waals surface area contributed by atoms with E-state index in [1.54, 1.807) is 17.5 Å². The van der Waals surface area contributed by atoms with E-state index in [2.05, 4.69) is 54.4 Å². The van der Waals surface area contributed by atoms with Crippen LogP contribution in [0.3, 0.4) is 0 Å². The summed E-state index contributed by atoms with van der Waals surface area (Å²) in [5.41, 5.74) is 2.37. The van der Waals surface area contributed by atoms with Crippen LogP contribution in [0.25, 0.3) is 5.13 Å². The van der Waals surface area contributed by atoms with Crippen molar-refractivity contribution >= 4 is 16.5 Å². The molecule has 0 aliphatic carbocycles. The molecule has 7 heteroatoms. The van der Waals surface area contributed by atoms with Crippen molar-refractivity contribution in [2.24, 2.45) is 0 Å². The summed E-state index contributed by atoms with van der Waals surface area (Å²) in [5.74, 6) is 0. The van der Waals surface area contributed by atoms with E-state index in [9.17, 15) is 0 Å². The van der Waals surface area contributed by atoms with Crippen LogP contribution in [0.1, 0.15) is 30.5 Å². The zero-order valence-electron chi connectivity index (χ0n) is 14.1. The Morgan fingerprint density at radius 2 is 1.88 bits per heavy atom. The number of hydrogen-bond acceptors (Lipinski definition) is 6. The highest BCUT2D eigenvalue weighted by molar-refractivity contribution is 7.17. The second-order valence-electron chi connectivity index (χ2n) is 6.25. The Morgan fingerprint density at radius 3 is 2.72 bits per heavy atom. The van der Waals surface area contributed by atoms with Crippen LogP contribution in [-0.4, -0.2) is 32.8 Å². The van der Waals surface area contributed by atoms with Gasteiger partial charge in [-0.1, -0.05) is 17.4 Å². The fourth-order valence-corrected chi connectivity index (χ4v) is 4.02. The average molecular weight is 354 g/mol. The van der Waals surface area contributed by atoms with Crippen molar-refractivity contribution in [1.29, 1.82) is 0 Å². The smallest absolute Gasteiger partial charge is 0.218 e. The summed E-state index contributed by atoms with van der Waals surface area (Å²) in [6, 6.07) is 8.22. The fraction of sp³-hybridized carbons (Fsp3) is 0.389. The highest BCUT2D eigenvalue weighted by atomic mass is 32.1. The Hall–Kier alpha value is -2.25. The van der Waals surface area contributed by atoms with Gasteiger partial charge in [-0.05, 0) is 43.0 Å². The Morgan fingerprint density at radius 1 is 1.00 bits per heavy atom. The first kappa shape index (κ1) is 16.2. The van der Waals surface area contributed by atoms with E-state index in [4.69, 9.17) is 0 Å². The molecule has 3 aromatic rings. The van der Waals surface area contributed by atoms with Gasteiger partial charge in [-0.15, -0.1) is 10.2 Å². The number of nitrogens with one attached hydrogen (secondary N) is 1.